The average molecular weight is 475 g/mol. The third kappa shape index (κ3) is 5.27. The summed E-state index contributed by atoms with van der Waals surface area (Å²) in [5.41, 5.74) is -0.467. The van der Waals surface area contributed by atoms with Crippen LogP contribution in [0, 0.1) is 0 Å². The van der Waals surface area contributed by atoms with Crippen molar-refractivity contribution in [1.82, 2.24) is 30.2 Å². The molecule has 1 aromatic heterocycles. The van der Waals surface area contributed by atoms with E-state index in [-0.39, 0.29) is 36.0 Å². The molecule has 0 unspecified atom stereocenters. The number of morpholine rings is 1. The Labute approximate surface area is 201 Å². The molecule has 34 heavy (non-hydrogen) atoms. The van der Waals surface area contributed by atoms with Crippen molar-refractivity contribution in [2.75, 3.05) is 45.9 Å². The van der Waals surface area contributed by atoms with Gasteiger partial charge in [0.2, 0.25) is 5.91 Å². The Hall–Kier alpha value is -2.46. The molecule has 1 aliphatic carbocycles. The highest BCUT2D eigenvalue weighted by molar-refractivity contribution is 6.01. The van der Waals surface area contributed by atoms with Crippen LogP contribution in [0.25, 0.3) is 0 Å². The summed E-state index contributed by atoms with van der Waals surface area (Å²) in [6.45, 7) is 9.30. The largest absolute Gasteiger partial charge is 0.379 e. The Balaban J connectivity index is 1.41. The summed E-state index contributed by atoms with van der Waals surface area (Å²) in [4.78, 5) is 43.4. The van der Waals surface area contributed by atoms with E-state index < -0.39 is 5.54 Å². The third-order valence-corrected chi connectivity index (χ3v) is 7.20. The first kappa shape index (κ1) is 24.7. The van der Waals surface area contributed by atoms with Gasteiger partial charge >= 0.3 is 0 Å². The molecule has 10 heteroatoms. The average Bonchev–Trinajstić information content (AvgIpc) is 3.50. The number of amides is 3. The van der Waals surface area contributed by atoms with E-state index in [0.717, 1.165) is 71.4 Å². The van der Waals surface area contributed by atoms with Crippen LogP contribution in [0.3, 0.4) is 0 Å². The van der Waals surface area contributed by atoms with Gasteiger partial charge in [-0.05, 0) is 39.2 Å². The molecule has 1 saturated heterocycles. The van der Waals surface area contributed by atoms with Crippen molar-refractivity contribution in [3.05, 3.63) is 17.5 Å². The van der Waals surface area contributed by atoms with Gasteiger partial charge in [0.05, 0.1) is 19.8 Å². The van der Waals surface area contributed by atoms with Crippen LogP contribution in [0.15, 0.2) is 6.07 Å². The van der Waals surface area contributed by atoms with Gasteiger partial charge in [0.1, 0.15) is 11.2 Å². The number of ether oxygens (including phenoxy) is 1. The molecule has 0 spiro atoms. The predicted octanol–water partition coefficient (Wildman–Crippen LogP) is 1.02. The highest BCUT2D eigenvalue weighted by atomic mass is 16.5. The Kier molecular flexibility index (Phi) is 7.88. The van der Waals surface area contributed by atoms with Crippen molar-refractivity contribution in [3.63, 3.8) is 0 Å². The van der Waals surface area contributed by atoms with Crippen molar-refractivity contribution < 1.29 is 19.1 Å². The van der Waals surface area contributed by atoms with Gasteiger partial charge in [-0.2, -0.15) is 5.10 Å². The molecule has 0 radical (unpaired) electrons. The zero-order chi connectivity index (χ0) is 24.1. The topological polar surface area (TPSA) is 109 Å². The number of carbonyl (C=O) groups is 3. The smallest absolute Gasteiger partial charge is 0.273 e. The van der Waals surface area contributed by atoms with Crippen LogP contribution in [0.2, 0.25) is 0 Å². The van der Waals surface area contributed by atoms with E-state index in [1.165, 1.54) is 4.68 Å². The van der Waals surface area contributed by atoms with Crippen molar-refractivity contribution in [3.8, 4) is 0 Å². The number of rotatable bonds is 9. The number of nitrogens with one attached hydrogen (secondary N) is 2. The molecule has 3 amide bonds. The minimum Gasteiger partial charge on any atom is -0.379 e. The van der Waals surface area contributed by atoms with Crippen LogP contribution in [0.5, 0.6) is 0 Å². The lowest BCUT2D eigenvalue weighted by Crippen LogP contribution is -2.65. The fourth-order valence-electron chi connectivity index (χ4n) is 5.16. The molecule has 10 nitrogen and oxygen atoms in total. The van der Waals surface area contributed by atoms with E-state index in [9.17, 15) is 14.4 Å². The molecular formula is C24H38N6O4. The first-order valence-electron chi connectivity index (χ1n) is 12.7. The van der Waals surface area contributed by atoms with Gasteiger partial charge in [-0.3, -0.25) is 24.0 Å². The van der Waals surface area contributed by atoms with Crippen molar-refractivity contribution in [2.45, 2.75) is 70.5 Å². The first-order chi connectivity index (χ1) is 16.4. The van der Waals surface area contributed by atoms with Gasteiger partial charge in [-0.1, -0.05) is 19.8 Å². The second-order valence-electron chi connectivity index (χ2n) is 9.82. The fraction of sp³-hybridized carbons (Fsp3) is 0.750. The van der Waals surface area contributed by atoms with Gasteiger partial charge in [0.25, 0.3) is 11.8 Å². The number of fused-ring (bicyclic) bond motifs is 1. The summed E-state index contributed by atoms with van der Waals surface area (Å²) < 4.78 is 6.89. The summed E-state index contributed by atoms with van der Waals surface area (Å²) in [6, 6.07) is 1.72. The molecule has 2 fully saturated rings. The first-order valence-corrected chi connectivity index (χ1v) is 12.7. The zero-order valence-electron chi connectivity index (χ0n) is 20.5. The summed E-state index contributed by atoms with van der Waals surface area (Å²) in [5.74, 6) is -0.691. The number of hydrogen-bond donors (Lipinski definition) is 2. The van der Waals surface area contributed by atoms with Crippen LogP contribution >= 0.6 is 0 Å². The fourth-order valence-corrected chi connectivity index (χ4v) is 5.16. The summed E-state index contributed by atoms with van der Waals surface area (Å²) in [6.07, 6.45) is 5.77. The van der Waals surface area contributed by atoms with E-state index in [0.29, 0.717) is 18.8 Å². The lowest BCUT2D eigenvalue weighted by atomic mass is 9.94. The molecule has 188 valence electrons. The number of carbonyl (C=O) groups excluding carboxylic acids is 3. The predicted molar refractivity (Wildman–Crippen MR) is 127 cm³/mol. The Morgan fingerprint density at radius 1 is 1.21 bits per heavy atom. The van der Waals surface area contributed by atoms with Crippen molar-refractivity contribution in [1.29, 1.82) is 0 Å². The maximum atomic E-state index is 13.4. The lowest BCUT2D eigenvalue weighted by molar-refractivity contribution is -0.133. The van der Waals surface area contributed by atoms with E-state index in [2.05, 4.69) is 20.6 Å². The van der Waals surface area contributed by atoms with Crippen LogP contribution < -0.4 is 10.6 Å². The number of hydrogen-bond acceptors (Lipinski definition) is 6. The van der Waals surface area contributed by atoms with Crippen molar-refractivity contribution >= 4 is 17.7 Å². The van der Waals surface area contributed by atoms with Crippen LogP contribution in [0.4, 0.5) is 0 Å². The van der Waals surface area contributed by atoms with Gasteiger partial charge in [0.15, 0.2) is 5.69 Å². The lowest BCUT2D eigenvalue weighted by Gasteiger charge is -2.43. The quantitative estimate of drug-likeness (QED) is 0.518. The van der Waals surface area contributed by atoms with E-state index in [4.69, 9.17) is 4.74 Å². The van der Waals surface area contributed by atoms with Gasteiger partial charge in [-0.15, -0.1) is 0 Å². The molecule has 1 atom stereocenters. The summed E-state index contributed by atoms with van der Waals surface area (Å²) >= 11 is 0. The van der Waals surface area contributed by atoms with Gasteiger partial charge in [-0.25, -0.2) is 0 Å². The maximum absolute atomic E-state index is 13.4. The van der Waals surface area contributed by atoms with E-state index >= 15 is 0 Å². The maximum Gasteiger partial charge on any atom is 0.273 e. The van der Waals surface area contributed by atoms with Crippen LogP contribution in [0.1, 0.15) is 73.3 Å². The van der Waals surface area contributed by atoms with Crippen LogP contribution in [-0.2, 0) is 16.1 Å². The Morgan fingerprint density at radius 3 is 2.65 bits per heavy atom. The minimum absolute atomic E-state index is 0.142. The highest BCUT2D eigenvalue weighted by Crippen LogP contribution is 2.29. The summed E-state index contributed by atoms with van der Waals surface area (Å²) in [5, 5.41) is 10.5. The zero-order valence-corrected chi connectivity index (χ0v) is 20.5. The Morgan fingerprint density at radius 2 is 1.94 bits per heavy atom. The normalized spacial score (nSPS) is 23.7. The van der Waals surface area contributed by atoms with Gasteiger partial charge < -0.3 is 20.3 Å². The molecule has 1 saturated carbocycles. The van der Waals surface area contributed by atoms with Crippen LogP contribution in [-0.4, -0.2) is 94.8 Å². The minimum atomic E-state index is -1.04. The molecule has 2 N–H and O–H groups in total. The second kappa shape index (κ2) is 10.9. The van der Waals surface area contributed by atoms with Crippen molar-refractivity contribution in [2.24, 2.45) is 0 Å². The molecule has 4 rings (SSSR count). The summed E-state index contributed by atoms with van der Waals surface area (Å²) in [7, 11) is 0. The molecule has 1 aromatic rings. The van der Waals surface area contributed by atoms with Gasteiger partial charge in [0, 0.05) is 38.3 Å². The number of nitrogens with zero attached hydrogens (tertiary/aromatic N) is 4. The van der Waals surface area contributed by atoms with E-state index in [1.54, 1.807) is 17.9 Å². The number of aromatic nitrogens is 2. The third-order valence-electron chi connectivity index (χ3n) is 7.20. The molecule has 2 aliphatic heterocycles. The molecule has 3 aliphatic rings. The second-order valence-corrected chi connectivity index (χ2v) is 9.82. The highest BCUT2D eigenvalue weighted by Gasteiger charge is 2.48. The Bertz CT molecular complexity index is 890. The molecule has 0 bridgehead atoms. The van der Waals surface area contributed by atoms with E-state index in [1.807, 2.05) is 6.92 Å². The SMILES string of the molecule is CCCN1C(=O)c2cc(C(=O)NCCCN3CCOCC3)nn2C[C@]1(C)C(=O)NC1CCCC1. The molecular weight excluding hydrogens is 436 g/mol. The molecule has 3 heterocycles. The standard InChI is InChI=1S/C24H38N6O4/c1-3-10-29-22(32)20-16-19(21(31)25-9-6-11-28-12-14-34-15-13-28)27-30(20)17-24(29,2)23(33)26-18-7-4-5-8-18/h16,18H,3-15,17H2,1-2H3,(H,25,31)(H,26,33)/t24-/m1/s1. The molecule has 0 aromatic carbocycles. The monoisotopic (exact) mass is 474 g/mol.